The fourth-order valence-electron chi connectivity index (χ4n) is 6.30. The molecule has 3 aromatic heterocycles. The molecule has 2 amide bonds. The molecule has 0 spiro atoms. The van der Waals surface area contributed by atoms with Crippen LogP contribution in [-0.4, -0.2) is 76.8 Å². The van der Waals surface area contributed by atoms with E-state index in [-0.39, 0.29) is 37.6 Å². The molecule has 0 aliphatic carbocycles. The van der Waals surface area contributed by atoms with Crippen molar-refractivity contribution in [3.8, 4) is 39.5 Å². The van der Waals surface area contributed by atoms with Crippen LogP contribution >= 0.6 is 23.2 Å². The van der Waals surface area contributed by atoms with Crippen LogP contribution in [0.5, 0.6) is 5.88 Å². The third-order valence-corrected chi connectivity index (χ3v) is 9.77. The van der Waals surface area contributed by atoms with E-state index in [1.807, 2.05) is 81.4 Å². The summed E-state index contributed by atoms with van der Waals surface area (Å²) in [7, 11) is 2.87. The Bertz CT molecular complexity index is 2240. The first kappa shape index (κ1) is 39.4. The molecular weight excluding hydrogens is 743 g/mol. The minimum absolute atomic E-state index is 0.0359. The Morgan fingerprint density at radius 2 is 1.62 bits per heavy atom. The summed E-state index contributed by atoms with van der Waals surface area (Å²) in [6.45, 7) is 6.42. The number of hydrogen-bond donors (Lipinski definition) is 2. The molecule has 1 aliphatic heterocycles. The van der Waals surface area contributed by atoms with E-state index in [0.29, 0.717) is 74.5 Å². The zero-order valence-electron chi connectivity index (χ0n) is 31.2. The third kappa shape index (κ3) is 9.51. The number of methoxy groups -OCH3 is 2. The van der Waals surface area contributed by atoms with Gasteiger partial charge in [-0.2, -0.15) is 0 Å². The molecule has 0 bridgehead atoms. The van der Waals surface area contributed by atoms with Gasteiger partial charge in [0, 0.05) is 71.1 Å². The Hall–Kier alpha value is -5.30. The van der Waals surface area contributed by atoms with E-state index < -0.39 is 11.7 Å². The average molecular weight is 786 g/mol. The summed E-state index contributed by atoms with van der Waals surface area (Å²) in [4.78, 5) is 52.3. The van der Waals surface area contributed by atoms with Gasteiger partial charge in [-0.15, -0.1) is 0 Å². The number of esters is 1. The highest BCUT2D eigenvalue weighted by Crippen LogP contribution is 2.42. The van der Waals surface area contributed by atoms with Crippen molar-refractivity contribution in [1.82, 2.24) is 30.5 Å². The number of aromatic nitrogens is 3. The summed E-state index contributed by atoms with van der Waals surface area (Å²) < 4.78 is 16.1. The highest BCUT2D eigenvalue weighted by Gasteiger charge is 2.29. The maximum atomic E-state index is 13.3. The number of pyridine rings is 3. The first-order valence-electron chi connectivity index (χ1n) is 17.7. The number of amides is 2. The van der Waals surface area contributed by atoms with Crippen LogP contribution in [0.2, 0.25) is 10.0 Å². The fourth-order valence-corrected chi connectivity index (χ4v) is 6.95. The number of benzene rings is 2. The summed E-state index contributed by atoms with van der Waals surface area (Å²) in [5.41, 5.74) is 5.60. The van der Waals surface area contributed by atoms with Gasteiger partial charge >= 0.3 is 12.1 Å². The van der Waals surface area contributed by atoms with Crippen LogP contribution in [0.4, 0.5) is 4.79 Å². The van der Waals surface area contributed by atoms with Gasteiger partial charge in [-0.3, -0.25) is 19.6 Å². The van der Waals surface area contributed by atoms with Crippen LogP contribution in [0.1, 0.15) is 44.7 Å². The van der Waals surface area contributed by atoms with Crippen LogP contribution in [0.15, 0.2) is 73.1 Å². The molecule has 0 radical (unpaired) electrons. The van der Waals surface area contributed by atoms with Crippen LogP contribution in [0.25, 0.3) is 44.5 Å². The molecule has 0 saturated carbocycles. The molecule has 286 valence electrons. The Morgan fingerprint density at radius 3 is 2.25 bits per heavy atom. The fraction of sp³-hybridized carbons (Fsp3) is 0.317. The van der Waals surface area contributed by atoms with Crippen molar-refractivity contribution in [2.24, 2.45) is 0 Å². The quantitative estimate of drug-likeness (QED) is 0.121. The summed E-state index contributed by atoms with van der Waals surface area (Å²) in [5.74, 6) is -0.0533. The molecule has 12 nitrogen and oxygen atoms in total. The van der Waals surface area contributed by atoms with E-state index >= 15 is 0 Å². The number of carbonyl (C=O) groups excluding carboxylic acids is 3. The van der Waals surface area contributed by atoms with Crippen molar-refractivity contribution in [2.75, 3.05) is 27.3 Å². The van der Waals surface area contributed by atoms with Crippen LogP contribution in [0, 0.1) is 0 Å². The number of ether oxygens (including phenoxy) is 3. The lowest BCUT2D eigenvalue weighted by molar-refractivity contribution is -0.139. The number of nitrogens with zero attached hydrogens (tertiary/aromatic N) is 4. The second-order valence-electron chi connectivity index (χ2n) is 14.1. The van der Waals surface area contributed by atoms with Crippen molar-refractivity contribution in [1.29, 1.82) is 0 Å². The predicted octanol–water partition coefficient (Wildman–Crippen LogP) is 7.62. The lowest BCUT2D eigenvalue weighted by atomic mass is 9.98. The van der Waals surface area contributed by atoms with Crippen molar-refractivity contribution >= 4 is 52.1 Å². The van der Waals surface area contributed by atoms with Crippen molar-refractivity contribution in [3.05, 3.63) is 94.2 Å². The molecule has 2 N–H and O–H groups in total. The number of rotatable bonds is 12. The van der Waals surface area contributed by atoms with Crippen molar-refractivity contribution in [2.45, 2.75) is 58.3 Å². The van der Waals surface area contributed by atoms with E-state index in [4.69, 9.17) is 42.6 Å². The molecule has 1 saturated heterocycles. The predicted molar refractivity (Wildman–Crippen MR) is 212 cm³/mol. The Labute approximate surface area is 329 Å². The monoisotopic (exact) mass is 784 g/mol. The van der Waals surface area contributed by atoms with Gasteiger partial charge < -0.3 is 29.7 Å². The number of carbonyl (C=O) groups is 3. The van der Waals surface area contributed by atoms with E-state index in [1.54, 1.807) is 17.3 Å². The Kier molecular flexibility index (Phi) is 12.2. The second kappa shape index (κ2) is 17.0. The van der Waals surface area contributed by atoms with Crippen molar-refractivity contribution < 1.29 is 28.6 Å². The molecule has 2 aromatic carbocycles. The van der Waals surface area contributed by atoms with Gasteiger partial charge in [0.2, 0.25) is 11.8 Å². The van der Waals surface area contributed by atoms with E-state index in [0.717, 1.165) is 16.5 Å². The maximum Gasteiger partial charge on any atom is 0.410 e. The third-order valence-electron chi connectivity index (χ3n) is 8.96. The zero-order chi connectivity index (χ0) is 39.3. The highest BCUT2D eigenvalue weighted by molar-refractivity contribution is 6.39. The molecule has 14 heteroatoms. The van der Waals surface area contributed by atoms with Gasteiger partial charge in [0.25, 0.3) is 0 Å². The smallest absolute Gasteiger partial charge is 0.410 e. The summed E-state index contributed by atoms with van der Waals surface area (Å²) in [6, 6.07) is 18.7. The molecule has 55 heavy (non-hydrogen) atoms. The Morgan fingerprint density at radius 1 is 0.927 bits per heavy atom. The average Bonchev–Trinajstić information content (AvgIpc) is 3.58. The van der Waals surface area contributed by atoms with Crippen LogP contribution < -0.4 is 15.4 Å². The highest BCUT2D eigenvalue weighted by atomic mass is 35.5. The van der Waals surface area contributed by atoms with Gasteiger partial charge in [0.1, 0.15) is 5.60 Å². The number of nitrogens with one attached hydrogen (secondary N) is 2. The van der Waals surface area contributed by atoms with Crippen LogP contribution in [-0.2, 0) is 32.2 Å². The normalized spacial score (nSPS) is 14.1. The number of halogens is 2. The van der Waals surface area contributed by atoms with Gasteiger partial charge in [-0.05, 0) is 57.0 Å². The van der Waals surface area contributed by atoms with E-state index in [2.05, 4.69) is 20.4 Å². The van der Waals surface area contributed by atoms with E-state index in [1.165, 1.54) is 14.2 Å². The lowest BCUT2D eigenvalue weighted by Crippen LogP contribution is -2.43. The Balaban J connectivity index is 1.26. The first-order chi connectivity index (χ1) is 26.3. The second-order valence-corrected chi connectivity index (χ2v) is 14.9. The van der Waals surface area contributed by atoms with Gasteiger partial charge in [0.15, 0.2) is 0 Å². The first-order valence-corrected chi connectivity index (χ1v) is 18.5. The summed E-state index contributed by atoms with van der Waals surface area (Å²) in [5, 5.41) is 7.72. The van der Waals surface area contributed by atoms with Gasteiger partial charge in [0.05, 0.1) is 54.3 Å². The number of hydrogen-bond acceptors (Lipinski definition) is 10. The van der Waals surface area contributed by atoms with Gasteiger partial charge in [-0.1, -0.05) is 59.6 Å². The SMILES string of the molecule is COC(=O)CNCc1cnc2cc(-c3cccc(-c4cccc(-c5ccc(CN(C[C@@H]6CCC(=O)N6)C(=O)OC(C)(C)C)c(OC)n5)c4Cl)c3Cl)ncc2c1. The molecule has 1 fully saturated rings. The largest absolute Gasteiger partial charge is 0.481 e. The zero-order valence-corrected chi connectivity index (χ0v) is 32.8. The van der Waals surface area contributed by atoms with Crippen LogP contribution in [0.3, 0.4) is 0 Å². The lowest BCUT2D eigenvalue weighted by Gasteiger charge is -2.29. The summed E-state index contributed by atoms with van der Waals surface area (Å²) >= 11 is 14.2. The maximum absolute atomic E-state index is 13.3. The number of fused-ring (bicyclic) bond motifs is 1. The minimum atomic E-state index is -0.703. The molecule has 1 atom stereocenters. The standard InChI is InChI=1S/C41H42Cl2N6O6/c1-41(2,3)55-40(52)49(23-27-13-15-35(50)47-27)22-25-12-14-32(48-39(25)54-5)30-10-6-8-28(37(30)42)29-9-7-11-31(38(29)43)34-17-33-26(20-46-34)16-24(19-45-33)18-44-21-36(51)53-4/h6-12,14,16-17,19-20,27,44H,13,15,18,21-23H2,1-5H3,(H,47,50)/t27-/m0/s1. The molecule has 0 unspecified atom stereocenters. The topological polar surface area (TPSA) is 145 Å². The molecular formula is C41H42Cl2N6O6. The molecule has 4 heterocycles. The molecule has 5 aromatic rings. The van der Waals surface area contributed by atoms with Gasteiger partial charge in [-0.25, -0.2) is 9.78 Å². The molecule has 6 rings (SSSR count). The van der Waals surface area contributed by atoms with E-state index in [9.17, 15) is 14.4 Å². The van der Waals surface area contributed by atoms with Crippen molar-refractivity contribution in [3.63, 3.8) is 0 Å². The molecule has 1 aliphatic rings. The summed E-state index contributed by atoms with van der Waals surface area (Å²) in [6.07, 6.45) is 4.05. The minimum Gasteiger partial charge on any atom is -0.481 e.